The van der Waals surface area contributed by atoms with Gasteiger partial charge in [-0.1, -0.05) is 11.3 Å². The molecule has 1 saturated heterocycles. The van der Waals surface area contributed by atoms with E-state index in [0.29, 0.717) is 12.0 Å². The number of anilines is 1. The minimum atomic E-state index is 0.299. The molecule has 1 atom stereocenters. The lowest BCUT2D eigenvalue weighted by Crippen LogP contribution is -2.24. The van der Waals surface area contributed by atoms with Crippen LogP contribution in [0, 0.1) is 0 Å². The van der Waals surface area contributed by atoms with E-state index in [1.54, 1.807) is 17.7 Å². The van der Waals surface area contributed by atoms with Crippen molar-refractivity contribution in [2.45, 2.75) is 37.6 Å². The van der Waals surface area contributed by atoms with Crippen LogP contribution in [0.2, 0.25) is 0 Å². The molecule has 2 aromatic heterocycles. The van der Waals surface area contributed by atoms with Gasteiger partial charge in [0.25, 0.3) is 0 Å². The van der Waals surface area contributed by atoms with Gasteiger partial charge in [0.2, 0.25) is 5.13 Å². The van der Waals surface area contributed by atoms with E-state index < -0.39 is 0 Å². The number of hydrogen-bond acceptors (Lipinski definition) is 6. The van der Waals surface area contributed by atoms with Gasteiger partial charge >= 0.3 is 0 Å². The summed E-state index contributed by atoms with van der Waals surface area (Å²) in [5.74, 6) is 1.71. The van der Waals surface area contributed by atoms with Crippen LogP contribution in [0.25, 0.3) is 0 Å². The van der Waals surface area contributed by atoms with Crippen LogP contribution < -0.4 is 4.90 Å². The molecule has 0 N–H and O–H groups in total. The summed E-state index contributed by atoms with van der Waals surface area (Å²) in [5, 5.41) is 19.2. The quantitative estimate of drug-likeness (QED) is 0.856. The Morgan fingerprint density at radius 2 is 2.11 bits per heavy atom. The summed E-state index contributed by atoms with van der Waals surface area (Å²) in [4.78, 5) is 2.34. The Hall–Kier alpha value is -1.50. The average Bonchev–Trinajstić information content (AvgIpc) is 2.82. The van der Waals surface area contributed by atoms with Gasteiger partial charge < -0.3 is 9.47 Å². The topological polar surface area (TPSA) is 59.7 Å². The molecule has 2 fully saturated rings. The van der Waals surface area contributed by atoms with Crippen LogP contribution in [0.5, 0.6) is 0 Å². The Bertz CT molecular complexity index is 587. The van der Waals surface area contributed by atoms with Gasteiger partial charge in [-0.3, -0.25) is 0 Å². The molecule has 6 nitrogen and oxygen atoms in total. The van der Waals surface area contributed by atoms with Crippen molar-refractivity contribution in [2.75, 3.05) is 11.4 Å². The third-order valence-corrected chi connectivity index (χ3v) is 5.02. The van der Waals surface area contributed by atoms with Crippen LogP contribution in [0.15, 0.2) is 6.33 Å². The molecule has 7 heteroatoms. The fourth-order valence-electron chi connectivity index (χ4n) is 2.70. The highest BCUT2D eigenvalue weighted by Crippen LogP contribution is 2.44. The fourth-order valence-corrected chi connectivity index (χ4v) is 3.78. The summed E-state index contributed by atoms with van der Waals surface area (Å²) in [6.07, 6.45) is 6.62. The normalized spacial score (nSPS) is 23.2. The molecule has 2 aliphatic rings. The van der Waals surface area contributed by atoms with Gasteiger partial charge in [0.15, 0.2) is 5.82 Å². The first-order valence-corrected chi connectivity index (χ1v) is 7.58. The van der Waals surface area contributed by atoms with Crippen molar-refractivity contribution < 1.29 is 0 Å². The first-order valence-electron chi connectivity index (χ1n) is 6.77. The molecule has 1 saturated carbocycles. The monoisotopic (exact) mass is 276 g/mol. The molecule has 0 aromatic carbocycles. The van der Waals surface area contributed by atoms with Crippen molar-refractivity contribution in [1.29, 1.82) is 0 Å². The Balaban J connectivity index is 1.63. The molecule has 19 heavy (non-hydrogen) atoms. The molecule has 3 heterocycles. The summed E-state index contributed by atoms with van der Waals surface area (Å²) in [5.41, 5.74) is 0. The lowest BCUT2D eigenvalue weighted by molar-refractivity contribution is 0.626. The summed E-state index contributed by atoms with van der Waals surface area (Å²) in [7, 11) is 2.00. The van der Waals surface area contributed by atoms with E-state index in [1.165, 1.54) is 24.3 Å². The molecule has 4 rings (SSSR count). The van der Waals surface area contributed by atoms with Gasteiger partial charge in [0.05, 0.1) is 6.04 Å². The predicted octanol–water partition coefficient (Wildman–Crippen LogP) is 1.89. The second-order valence-corrected chi connectivity index (χ2v) is 6.34. The number of hydrogen-bond donors (Lipinski definition) is 0. The van der Waals surface area contributed by atoms with E-state index in [0.717, 1.165) is 23.9 Å². The maximum absolute atomic E-state index is 4.39. The van der Waals surface area contributed by atoms with Crippen LogP contribution in [-0.2, 0) is 7.05 Å². The molecule has 2 aromatic rings. The predicted molar refractivity (Wildman–Crippen MR) is 72.2 cm³/mol. The highest BCUT2D eigenvalue weighted by molar-refractivity contribution is 7.15. The molecule has 0 radical (unpaired) electrons. The Morgan fingerprint density at radius 1 is 1.21 bits per heavy atom. The van der Waals surface area contributed by atoms with E-state index in [-0.39, 0.29) is 0 Å². The average molecular weight is 276 g/mol. The molecule has 1 aliphatic heterocycles. The van der Waals surface area contributed by atoms with Gasteiger partial charge in [-0.05, 0) is 25.7 Å². The van der Waals surface area contributed by atoms with Crippen LogP contribution in [-0.4, -0.2) is 31.5 Å². The molecule has 0 amide bonds. The second-order valence-electron chi connectivity index (χ2n) is 5.35. The third-order valence-electron chi connectivity index (χ3n) is 3.90. The van der Waals surface area contributed by atoms with Crippen molar-refractivity contribution in [2.24, 2.45) is 7.05 Å². The van der Waals surface area contributed by atoms with E-state index in [4.69, 9.17) is 0 Å². The molecular formula is C12H16N6S. The van der Waals surface area contributed by atoms with Crippen LogP contribution >= 0.6 is 11.3 Å². The SMILES string of the molecule is Cn1cnnc1[C@@H]1CCCN1c1nnc(C2CC2)s1. The Morgan fingerprint density at radius 3 is 2.84 bits per heavy atom. The second kappa shape index (κ2) is 4.26. The van der Waals surface area contributed by atoms with Crippen molar-refractivity contribution in [1.82, 2.24) is 25.0 Å². The highest BCUT2D eigenvalue weighted by Gasteiger charge is 2.33. The van der Waals surface area contributed by atoms with Crippen LogP contribution in [0.1, 0.15) is 48.5 Å². The maximum Gasteiger partial charge on any atom is 0.208 e. The molecule has 100 valence electrons. The van der Waals surface area contributed by atoms with Gasteiger partial charge in [-0.15, -0.1) is 20.4 Å². The molecule has 1 aliphatic carbocycles. The summed E-state index contributed by atoms with van der Waals surface area (Å²) in [6, 6.07) is 0.299. The summed E-state index contributed by atoms with van der Waals surface area (Å²) in [6.45, 7) is 1.04. The number of nitrogens with zero attached hydrogens (tertiary/aromatic N) is 6. The molecule has 0 spiro atoms. The van der Waals surface area contributed by atoms with Crippen LogP contribution in [0.3, 0.4) is 0 Å². The fraction of sp³-hybridized carbons (Fsp3) is 0.667. The molecule has 0 bridgehead atoms. The minimum Gasteiger partial charge on any atom is -0.336 e. The van der Waals surface area contributed by atoms with E-state index in [1.807, 2.05) is 11.6 Å². The zero-order valence-corrected chi connectivity index (χ0v) is 11.7. The van der Waals surface area contributed by atoms with Crippen molar-refractivity contribution in [3.05, 3.63) is 17.2 Å². The third kappa shape index (κ3) is 1.92. The first-order chi connectivity index (χ1) is 9.33. The van der Waals surface area contributed by atoms with E-state index in [2.05, 4.69) is 25.3 Å². The summed E-state index contributed by atoms with van der Waals surface area (Å²) >= 11 is 1.75. The smallest absolute Gasteiger partial charge is 0.208 e. The standard InChI is InChI=1S/C12H16N6S/c1-17-7-13-14-10(17)9-3-2-6-18(9)12-16-15-11(19-12)8-4-5-8/h7-9H,2-6H2,1H3/t9-/m0/s1. The maximum atomic E-state index is 4.39. The lowest BCUT2D eigenvalue weighted by atomic mass is 10.2. The first kappa shape index (κ1) is 11.3. The minimum absolute atomic E-state index is 0.299. The largest absolute Gasteiger partial charge is 0.336 e. The molecular weight excluding hydrogens is 260 g/mol. The van der Waals surface area contributed by atoms with Crippen molar-refractivity contribution in [3.8, 4) is 0 Å². The van der Waals surface area contributed by atoms with Crippen LogP contribution in [0.4, 0.5) is 5.13 Å². The highest BCUT2D eigenvalue weighted by atomic mass is 32.1. The Labute approximate surface area is 115 Å². The lowest BCUT2D eigenvalue weighted by Gasteiger charge is -2.22. The van der Waals surface area contributed by atoms with Gasteiger partial charge in [0.1, 0.15) is 11.3 Å². The van der Waals surface area contributed by atoms with Gasteiger partial charge in [-0.2, -0.15) is 0 Å². The van der Waals surface area contributed by atoms with Crippen molar-refractivity contribution >= 4 is 16.5 Å². The summed E-state index contributed by atoms with van der Waals surface area (Å²) < 4.78 is 2.01. The zero-order valence-electron chi connectivity index (χ0n) is 10.9. The van der Waals surface area contributed by atoms with Crippen molar-refractivity contribution in [3.63, 3.8) is 0 Å². The molecule has 0 unspecified atom stereocenters. The number of aromatic nitrogens is 5. The number of rotatable bonds is 3. The van der Waals surface area contributed by atoms with E-state index >= 15 is 0 Å². The van der Waals surface area contributed by atoms with E-state index in [9.17, 15) is 0 Å². The number of aryl methyl sites for hydroxylation is 1. The zero-order chi connectivity index (χ0) is 12.8. The van der Waals surface area contributed by atoms with Gasteiger partial charge in [-0.25, -0.2) is 0 Å². The van der Waals surface area contributed by atoms with Gasteiger partial charge in [0, 0.05) is 19.5 Å². The Kier molecular flexibility index (Phi) is 2.54.